The van der Waals surface area contributed by atoms with Crippen molar-refractivity contribution in [3.8, 4) is 10.7 Å². The molecule has 0 fully saturated rings. The number of aryl methyl sites for hydroxylation is 1. The van der Waals surface area contributed by atoms with Gasteiger partial charge in [0.15, 0.2) is 0 Å². The molecule has 3 rings (SSSR count). The largest absolute Gasteiger partial charge is 0.323 e. The number of aromatic nitrogens is 2. The monoisotopic (exact) mass is 309 g/mol. The Balaban J connectivity index is 2.02. The summed E-state index contributed by atoms with van der Waals surface area (Å²) in [4.78, 5) is 10.3. The summed E-state index contributed by atoms with van der Waals surface area (Å²) >= 11 is 5.07. The number of nitrogens with two attached hydrogens (primary N) is 1. The van der Waals surface area contributed by atoms with Crippen LogP contribution in [0.5, 0.6) is 0 Å². The van der Waals surface area contributed by atoms with Crippen molar-refractivity contribution in [3.63, 3.8) is 0 Å². The molecular formula is C12H12BrN3S. The van der Waals surface area contributed by atoms with Gasteiger partial charge in [-0.2, -0.15) is 0 Å². The van der Waals surface area contributed by atoms with Gasteiger partial charge in [-0.25, -0.2) is 4.98 Å². The number of hydrogen-bond acceptors (Lipinski definition) is 4. The summed E-state index contributed by atoms with van der Waals surface area (Å²) in [5.41, 5.74) is 8.21. The highest BCUT2D eigenvalue weighted by molar-refractivity contribution is 9.10. The first-order valence-corrected chi connectivity index (χ1v) is 7.22. The Bertz CT molecular complexity index is 535. The van der Waals surface area contributed by atoms with Gasteiger partial charge in [0.1, 0.15) is 5.01 Å². The first-order valence-electron chi connectivity index (χ1n) is 5.61. The molecule has 2 aromatic rings. The first kappa shape index (κ1) is 11.3. The molecule has 1 aliphatic carbocycles. The molecule has 0 bridgehead atoms. The summed E-state index contributed by atoms with van der Waals surface area (Å²) in [6.07, 6.45) is 5.07. The van der Waals surface area contributed by atoms with Crippen LogP contribution < -0.4 is 5.73 Å². The summed E-state index contributed by atoms with van der Waals surface area (Å²) in [6.45, 7) is 0. The van der Waals surface area contributed by atoms with Gasteiger partial charge >= 0.3 is 0 Å². The smallest absolute Gasteiger partial charge is 0.142 e. The molecule has 0 aliphatic heterocycles. The lowest BCUT2D eigenvalue weighted by Gasteiger charge is -2.15. The van der Waals surface area contributed by atoms with Crippen LogP contribution in [0.1, 0.15) is 29.5 Å². The predicted octanol–water partition coefficient (Wildman–Crippen LogP) is 3.30. The molecular weight excluding hydrogens is 298 g/mol. The normalized spacial score (nSPS) is 19.1. The van der Waals surface area contributed by atoms with E-state index in [4.69, 9.17) is 5.73 Å². The zero-order valence-electron chi connectivity index (χ0n) is 9.19. The minimum Gasteiger partial charge on any atom is -0.323 e. The van der Waals surface area contributed by atoms with Crippen LogP contribution in [0.2, 0.25) is 0 Å². The van der Waals surface area contributed by atoms with Crippen molar-refractivity contribution in [1.82, 2.24) is 9.97 Å². The molecule has 0 amide bonds. The van der Waals surface area contributed by atoms with Crippen molar-refractivity contribution in [2.24, 2.45) is 5.73 Å². The van der Waals surface area contributed by atoms with Gasteiger partial charge in [0.25, 0.3) is 0 Å². The SMILES string of the molecule is NC1CCCc2nc(-c3ccc(Br)cn3)sc21. The molecule has 0 saturated heterocycles. The standard InChI is InChI=1S/C12H12BrN3S/c13-7-4-5-10(15-6-7)12-16-9-3-1-2-8(14)11(9)17-12/h4-6,8H,1-3,14H2. The molecule has 0 spiro atoms. The second kappa shape index (κ2) is 4.48. The van der Waals surface area contributed by atoms with Gasteiger partial charge in [-0.05, 0) is 47.3 Å². The molecule has 0 radical (unpaired) electrons. The number of hydrogen-bond donors (Lipinski definition) is 1. The lowest BCUT2D eigenvalue weighted by molar-refractivity contribution is 0.573. The highest BCUT2D eigenvalue weighted by atomic mass is 79.9. The maximum Gasteiger partial charge on any atom is 0.142 e. The maximum atomic E-state index is 6.10. The van der Waals surface area contributed by atoms with E-state index >= 15 is 0 Å². The van der Waals surface area contributed by atoms with Gasteiger partial charge < -0.3 is 5.73 Å². The average molecular weight is 310 g/mol. The molecule has 17 heavy (non-hydrogen) atoms. The Morgan fingerprint density at radius 3 is 3.00 bits per heavy atom. The van der Waals surface area contributed by atoms with Crippen molar-refractivity contribution in [3.05, 3.63) is 33.4 Å². The lowest BCUT2D eigenvalue weighted by Crippen LogP contribution is -2.15. The fourth-order valence-electron chi connectivity index (χ4n) is 2.06. The molecule has 3 nitrogen and oxygen atoms in total. The lowest BCUT2D eigenvalue weighted by atomic mass is 9.99. The highest BCUT2D eigenvalue weighted by Gasteiger charge is 2.22. The Morgan fingerprint density at radius 2 is 2.29 bits per heavy atom. The predicted molar refractivity (Wildman–Crippen MR) is 72.9 cm³/mol. The number of rotatable bonds is 1. The first-order chi connectivity index (χ1) is 8.24. The van der Waals surface area contributed by atoms with Gasteiger partial charge in [0.2, 0.25) is 0 Å². The third-order valence-electron chi connectivity index (χ3n) is 2.94. The molecule has 5 heteroatoms. The molecule has 1 unspecified atom stereocenters. The van der Waals surface area contributed by atoms with Crippen LogP contribution in [0.3, 0.4) is 0 Å². The van der Waals surface area contributed by atoms with Crippen LogP contribution in [0.15, 0.2) is 22.8 Å². The fourth-order valence-corrected chi connectivity index (χ4v) is 3.42. The second-order valence-electron chi connectivity index (χ2n) is 4.19. The van der Waals surface area contributed by atoms with E-state index in [-0.39, 0.29) is 6.04 Å². The zero-order valence-corrected chi connectivity index (χ0v) is 11.6. The van der Waals surface area contributed by atoms with E-state index in [0.717, 1.165) is 34.4 Å². The molecule has 2 heterocycles. The summed E-state index contributed by atoms with van der Waals surface area (Å²) in [7, 11) is 0. The minimum atomic E-state index is 0.167. The van der Waals surface area contributed by atoms with Crippen LogP contribution >= 0.6 is 27.3 Å². The molecule has 1 atom stereocenters. The zero-order chi connectivity index (χ0) is 11.8. The fraction of sp³-hybridized carbons (Fsp3) is 0.333. The van der Waals surface area contributed by atoms with Crippen LogP contribution in [0, 0.1) is 0 Å². The van der Waals surface area contributed by atoms with Crippen molar-refractivity contribution in [1.29, 1.82) is 0 Å². The Kier molecular flexibility index (Phi) is 2.98. The van der Waals surface area contributed by atoms with E-state index in [1.165, 1.54) is 10.6 Å². The number of fused-ring (bicyclic) bond motifs is 1. The van der Waals surface area contributed by atoms with Crippen molar-refractivity contribution in [2.75, 3.05) is 0 Å². The molecule has 1 aliphatic rings. The van der Waals surface area contributed by atoms with Crippen LogP contribution in [0.4, 0.5) is 0 Å². The Morgan fingerprint density at radius 1 is 1.41 bits per heavy atom. The summed E-state index contributed by atoms with van der Waals surface area (Å²) in [6, 6.07) is 4.14. The number of nitrogens with zero attached hydrogens (tertiary/aromatic N) is 2. The van der Waals surface area contributed by atoms with Crippen molar-refractivity contribution in [2.45, 2.75) is 25.3 Å². The van der Waals surface area contributed by atoms with Crippen LogP contribution in [-0.2, 0) is 6.42 Å². The van der Waals surface area contributed by atoms with Crippen LogP contribution in [-0.4, -0.2) is 9.97 Å². The van der Waals surface area contributed by atoms with Gasteiger partial charge in [-0.3, -0.25) is 4.98 Å². The minimum absolute atomic E-state index is 0.167. The quantitative estimate of drug-likeness (QED) is 0.879. The van der Waals surface area contributed by atoms with Crippen molar-refractivity contribution < 1.29 is 0 Å². The third-order valence-corrected chi connectivity index (χ3v) is 4.66. The number of pyridine rings is 1. The molecule has 2 N–H and O–H groups in total. The van der Waals surface area contributed by atoms with Gasteiger partial charge in [0, 0.05) is 21.6 Å². The van der Waals surface area contributed by atoms with E-state index in [9.17, 15) is 0 Å². The molecule has 0 saturated carbocycles. The average Bonchev–Trinajstić information content (AvgIpc) is 2.75. The molecule has 2 aromatic heterocycles. The molecule has 88 valence electrons. The molecule has 0 aromatic carbocycles. The number of halogens is 1. The van der Waals surface area contributed by atoms with Gasteiger partial charge in [-0.1, -0.05) is 0 Å². The van der Waals surface area contributed by atoms with Crippen LogP contribution in [0.25, 0.3) is 10.7 Å². The van der Waals surface area contributed by atoms with Gasteiger partial charge in [-0.15, -0.1) is 11.3 Å². The number of thiazole rings is 1. The van der Waals surface area contributed by atoms with E-state index in [1.807, 2.05) is 12.1 Å². The van der Waals surface area contributed by atoms with Crippen molar-refractivity contribution >= 4 is 27.3 Å². The van der Waals surface area contributed by atoms with E-state index in [0.29, 0.717) is 0 Å². The highest BCUT2D eigenvalue weighted by Crippen LogP contribution is 2.36. The summed E-state index contributed by atoms with van der Waals surface area (Å²) < 4.78 is 0.985. The van der Waals surface area contributed by atoms with E-state index in [1.54, 1.807) is 17.5 Å². The Hall–Kier alpha value is -0.780. The van der Waals surface area contributed by atoms with E-state index < -0.39 is 0 Å². The van der Waals surface area contributed by atoms with Gasteiger partial charge in [0.05, 0.1) is 11.4 Å². The summed E-state index contributed by atoms with van der Waals surface area (Å²) in [5, 5.41) is 0.986. The maximum absolute atomic E-state index is 6.10. The third kappa shape index (κ3) is 2.14. The second-order valence-corrected chi connectivity index (χ2v) is 6.14. The topological polar surface area (TPSA) is 51.8 Å². The summed E-state index contributed by atoms with van der Waals surface area (Å²) in [5.74, 6) is 0. The Labute approximate surface area is 112 Å². The van der Waals surface area contributed by atoms with E-state index in [2.05, 4.69) is 25.9 Å².